The maximum absolute atomic E-state index is 12.4. The van der Waals surface area contributed by atoms with Crippen LogP contribution in [0.1, 0.15) is 50.6 Å². The minimum atomic E-state index is -0.164. The maximum atomic E-state index is 12.4. The number of hydrogen-bond donors (Lipinski definition) is 1. The third-order valence-corrected chi connectivity index (χ3v) is 4.57. The number of carbonyl (C=O) groups excluding carboxylic acids is 2. The van der Waals surface area contributed by atoms with Gasteiger partial charge in [0.25, 0.3) is 0 Å². The Bertz CT molecular complexity index is 551. The van der Waals surface area contributed by atoms with Gasteiger partial charge in [-0.15, -0.1) is 11.3 Å². The van der Waals surface area contributed by atoms with Crippen LogP contribution in [-0.4, -0.2) is 34.3 Å². The Balaban J connectivity index is 1.96. The second-order valence-electron chi connectivity index (χ2n) is 7.20. The van der Waals surface area contributed by atoms with Crippen LogP contribution in [0.15, 0.2) is 0 Å². The van der Waals surface area contributed by atoms with Gasteiger partial charge in [-0.3, -0.25) is 9.59 Å². The molecule has 0 unspecified atom stereocenters. The Morgan fingerprint density at radius 3 is 2.41 bits per heavy atom. The normalized spacial score (nSPS) is 14.8. The van der Waals surface area contributed by atoms with E-state index in [1.807, 2.05) is 34.6 Å². The molecule has 0 bridgehead atoms. The fourth-order valence-corrected chi connectivity index (χ4v) is 3.03. The monoisotopic (exact) mass is 323 g/mol. The van der Waals surface area contributed by atoms with E-state index in [0.29, 0.717) is 11.6 Å². The van der Waals surface area contributed by atoms with E-state index in [0.717, 1.165) is 23.4 Å². The molecule has 1 aromatic rings. The lowest BCUT2D eigenvalue weighted by atomic mass is 9.91. The number of hydrogen-bond acceptors (Lipinski definition) is 4. The van der Waals surface area contributed by atoms with Crippen molar-refractivity contribution in [2.24, 2.45) is 5.41 Å². The van der Waals surface area contributed by atoms with Crippen molar-refractivity contribution in [2.75, 3.05) is 11.9 Å². The van der Waals surface area contributed by atoms with Crippen molar-refractivity contribution in [1.29, 1.82) is 0 Å². The largest absolute Gasteiger partial charge is 0.330 e. The Labute approximate surface area is 136 Å². The van der Waals surface area contributed by atoms with Crippen molar-refractivity contribution in [3.63, 3.8) is 0 Å². The van der Waals surface area contributed by atoms with Gasteiger partial charge in [0.2, 0.25) is 11.8 Å². The summed E-state index contributed by atoms with van der Waals surface area (Å²) in [4.78, 5) is 31.8. The van der Waals surface area contributed by atoms with Crippen LogP contribution in [0.5, 0.6) is 0 Å². The van der Waals surface area contributed by atoms with Gasteiger partial charge >= 0.3 is 0 Å². The van der Waals surface area contributed by atoms with E-state index in [2.05, 4.69) is 10.3 Å². The van der Waals surface area contributed by atoms with E-state index in [-0.39, 0.29) is 29.8 Å². The van der Waals surface area contributed by atoms with Gasteiger partial charge in [-0.2, -0.15) is 0 Å². The fraction of sp³-hybridized carbons (Fsp3) is 0.688. The van der Waals surface area contributed by atoms with Gasteiger partial charge in [-0.05, 0) is 32.1 Å². The summed E-state index contributed by atoms with van der Waals surface area (Å²) in [5.74, 6) is -0.0976. The molecular weight excluding hydrogens is 298 g/mol. The number of nitrogens with one attached hydrogen (secondary N) is 1. The fourth-order valence-electron chi connectivity index (χ4n) is 2.20. The zero-order valence-electron chi connectivity index (χ0n) is 14.0. The number of aryl methyl sites for hydroxylation is 2. The smallest absolute Gasteiger partial charge is 0.245 e. The molecule has 0 aromatic carbocycles. The standard InChI is InChI=1S/C16H25N3O2S/c1-10-11(2)22-15(17-10)18-13(20)9-19(12-6-7-12)14(21)8-16(3,4)5/h12H,6-9H2,1-5H3,(H,17,18,20). The van der Waals surface area contributed by atoms with E-state index in [9.17, 15) is 9.59 Å². The number of anilines is 1. The molecule has 2 rings (SSSR count). The molecule has 5 nitrogen and oxygen atoms in total. The first-order valence-corrected chi connectivity index (χ1v) is 8.51. The van der Waals surface area contributed by atoms with Gasteiger partial charge in [-0.1, -0.05) is 20.8 Å². The highest BCUT2D eigenvalue weighted by Crippen LogP contribution is 2.30. The SMILES string of the molecule is Cc1nc(NC(=O)CN(C(=O)CC(C)(C)C)C2CC2)sc1C. The predicted octanol–water partition coefficient (Wildman–Crippen LogP) is 3.13. The Kier molecular flexibility index (Phi) is 4.90. The number of amides is 2. The molecule has 2 amide bonds. The molecule has 1 fully saturated rings. The van der Waals surface area contributed by atoms with Crippen molar-refractivity contribution in [3.8, 4) is 0 Å². The maximum Gasteiger partial charge on any atom is 0.245 e. The van der Waals surface area contributed by atoms with Crippen LogP contribution < -0.4 is 5.32 Å². The molecule has 122 valence electrons. The number of aromatic nitrogens is 1. The van der Waals surface area contributed by atoms with Crippen molar-refractivity contribution in [2.45, 2.75) is 59.9 Å². The first kappa shape index (κ1) is 16.9. The topological polar surface area (TPSA) is 62.3 Å². The molecule has 0 atom stereocenters. The lowest BCUT2D eigenvalue weighted by Gasteiger charge is -2.26. The van der Waals surface area contributed by atoms with E-state index >= 15 is 0 Å². The summed E-state index contributed by atoms with van der Waals surface area (Å²) in [6, 6.07) is 0.236. The minimum Gasteiger partial charge on any atom is -0.330 e. The van der Waals surface area contributed by atoms with E-state index in [1.54, 1.807) is 4.90 Å². The molecule has 22 heavy (non-hydrogen) atoms. The van der Waals surface area contributed by atoms with Gasteiger partial charge < -0.3 is 10.2 Å². The van der Waals surface area contributed by atoms with Crippen LogP contribution >= 0.6 is 11.3 Å². The molecule has 1 aliphatic carbocycles. The number of nitrogens with zero attached hydrogens (tertiary/aromatic N) is 2. The van der Waals surface area contributed by atoms with Crippen LogP contribution in [0.2, 0.25) is 0 Å². The highest BCUT2D eigenvalue weighted by molar-refractivity contribution is 7.15. The summed E-state index contributed by atoms with van der Waals surface area (Å²) in [6.07, 6.45) is 2.46. The Morgan fingerprint density at radius 2 is 1.95 bits per heavy atom. The average molecular weight is 323 g/mol. The molecular formula is C16H25N3O2S. The van der Waals surface area contributed by atoms with E-state index in [4.69, 9.17) is 0 Å². The highest BCUT2D eigenvalue weighted by atomic mass is 32.1. The molecule has 1 N–H and O–H groups in total. The minimum absolute atomic E-state index is 0.0652. The van der Waals surface area contributed by atoms with Crippen molar-refractivity contribution in [1.82, 2.24) is 9.88 Å². The molecule has 6 heteroatoms. The number of carbonyl (C=O) groups is 2. The Morgan fingerprint density at radius 1 is 1.32 bits per heavy atom. The Hall–Kier alpha value is -1.43. The van der Waals surface area contributed by atoms with Crippen LogP contribution in [0.4, 0.5) is 5.13 Å². The van der Waals surface area contributed by atoms with Crippen LogP contribution in [0, 0.1) is 19.3 Å². The van der Waals surface area contributed by atoms with Gasteiger partial charge in [0, 0.05) is 17.3 Å². The zero-order chi connectivity index (χ0) is 16.5. The second kappa shape index (κ2) is 6.36. The zero-order valence-corrected chi connectivity index (χ0v) is 14.8. The lowest BCUT2D eigenvalue weighted by Crippen LogP contribution is -2.40. The summed E-state index contributed by atoms with van der Waals surface area (Å²) in [7, 11) is 0. The molecule has 0 saturated heterocycles. The predicted molar refractivity (Wildman–Crippen MR) is 89.0 cm³/mol. The molecule has 1 saturated carbocycles. The van der Waals surface area contributed by atoms with Crippen LogP contribution in [-0.2, 0) is 9.59 Å². The van der Waals surface area contributed by atoms with Crippen molar-refractivity contribution >= 4 is 28.3 Å². The third kappa shape index (κ3) is 4.80. The summed E-state index contributed by atoms with van der Waals surface area (Å²) < 4.78 is 0. The van der Waals surface area contributed by atoms with Crippen molar-refractivity contribution in [3.05, 3.63) is 10.6 Å². The van der Waals surface area contributed by atoms with E-state index < -0.39 is 0 Å². The van der Waals surface area contributed by atoms with Gasteiger partial charge in [0.05, 0.1) is 5.69 Å². The number of thiazole rings is 1. The third-order valence-electron chi connectivity index (χ3n) is 3.58. The summed E-state index contributed by atoms with van der Waals surface area (Å²) in [5, 5.41) is 3.42. The highest BCUT2D eigenvalue weighted by Gasteiger charge is 2.35. The summed E-state index contributed by atoms with van der Waals surface area (Å²) >= 11 is 1.47. The molecule has 1 aliphatic rings. The molecule has 0 spiro atoms. The first-order valence-electron chi connectivity index (χ1n) is 7.69. The first-order chi connectivity index (χ1) is 10.2. The summed E-state index contributed by atoms with van der Waals surface area (Å²) in [5.41, 5.74) is 0.868. The van der Waals surface area contributed by atoms with E-state index in [1.165, 1.54) is 11.3 Å². The second-order valence-corrected chi connectivity index (χ2v) is 8.40. The van der Waals surface area contributed by atoms with Crippen LogP contribution in [0.25, 0.3) is 0 Å². The van der Waals surface area contributed by atoms with Gasteiger partial charge in [0.1, 0.15) is 6.54 Å². The number of rotatable bonds is 5. The summed E-state index contributed by atoms with van der Waals surface area (Å²) in [6.45, 7) is 10.1. The van der Waals surface area contributed by atoms with Crippen LogP contribution in [0.3, 0.4) is 0 Å². The lowest BCUT2D eigenvalue weighted by molar-refractivity contribution is -0.136. The van der Waals surface area contributed by atoms with Gasteiger partial charge in [-0.25, -0.2) is 4.98 Å². The molecule has 0 radical (unpaired) electrons. The van der Waals surface area contributed by atoms with Gasteiger partial charge in [0.15, 0.2) is 5.13 Å². The quantitative estimate of drug-likeness (QED) is 0.905. The molecule has 1 aromatic heterocycles. The molecule has 1 heterocycles. The molecule has 0 aliphatic heterocycles. The van der Waals surface area contributed by atoms with Crippen molar-refractivity contribution < 1.29 is 9.59 Å². The average Bonchev–Trinajstić information content (AvgIpc) is 3.12.